The molecule has 0 saturated heterocycles. The quantitative estimate of drug-likeness (QED) is 0.756. The van der Waals surface area contributed by atoms with Crippen molar-refractivity contribution in [2.24, 2.45) is 5.73 Å². The second-order valence-corrected chi connectivity index (χ2v) is 3.22. The van der Waals surface area contributed by atoms with Gasteiger partial charge < -0.3 is 15.5 Å². The van der Waals surface area contributed by atoms with Crippen molar-refractivity contribution in [2.75, 3.05) is 0 Å². The number of primary amides is 1. The van der Waals surface area contributed by atoms with Crippen LogP contribution >= 0.6 is 0 Å². The minimum atomic E-state index is -0.701. The largest absolute Gasteiger partial charge is 0.456 e. The van der Waals surface area contributed by atoms with Gasteiger partial charge in [-0.3, -0.25) is 9.59 Å². The van der Waals surface area contributed by atoms with E-state index in [0.717, 1.165) is 12.2 Å². The van der Waals surface area contributed by atoms with Gasteiger partial charge in [-0.2, -0.15) is 0 Å². The van der Waals surface area contributed by atoms with Gasteiger partial charge in [0.2, 0.25) is 5.91 Å². The van der Waals surface area contributed by atoms with Crippen LogP contribution in [-0.2, 0) is 11.2 Å². The highest BCUT2D eigenvalue weighted by Crippen LogP contribution is 2.08. The molecule has 1 heterocycles. The summed E-state index contributed by atoms with van der Waals surface area (Å²) in [6.07, 6.45) is 0.721. The third kappa shape index (κ3) is 2.83. The lowest BCUT2D eigenvalue weighted by atomic mass is 10.3. The van der Waals surface area contributed by atoms with Crippen LogP contribution in [0.4, 0.5) is 0 Å². The zero-order valence-corrected chi connectivity index (χ0v) is 8.74. The molecule has 2 amide bonds. The van der Waals surface area contributed by atoms with Crippen LogP contribution in [0, 0.1) is 0 Å². The Morgan fingerprint density at radius 2 is 2.20 bits per heavy atom. The molecular weight excluding hydrogens is 196 g/mol. The molecule has 15 heavy (non-hydrogen) atoms. The fourth-order valence-corrected chi connectivity index (χ4v) is 1.03. The maximum Gasteiger partial charge on any atom is 0.287 e. The second-order valence-electron chi connectivity index (χ2n) is 3.22. The highest BCUT2D eigenvalue weighted by molar-refractivity contribution is 5.95. The monoisotopic (exact) mass is 210 g/mol. The van der Waals surface area contributed by atoms with E-state index in [1.54, 1.807) is 12.1 Å². The maximum absolute atomic E-state index is 11.5. The zero-order chi connectivity index (χ0) is 11.4. The van der Waals surface area contributed by atoms with Gasteiger partial charge in [0.25, 0.3) is 5.91 Å². The van der Waals surface area contributed by atoms with Gasteiger partial charge in [0, 0.05) is 6.42 Å². The summed E-state index contributed by atoms with van der Waals surface area (Å²) >= 11 is 0. The van der Waals surface area contributed by atoms with E-state index in [9.17, 15) is 9.59 Å². The first-order valence-electron chi connectivity index (χ1n) is 4.73. The maximum atomic E-state index is 11.5. The number of nitrogens with two attached hydrogens (primary N) is 1. The number of carbonyl (C=O) groups is 2. The van der Waals surface area contributed by atoms with E-state index in [4.69, 9.17) is 10.2 Å². The highest BCUT2D eigenvalue weighted by atomic mass is 16.3. The molecule has 1 rings (SSSR count). The van der Waals surface area contributed by atoms with E-state index in [0.29, 0.717) is 0 Å². The normalized spacial score (nSPS) is 12.1. The summed E-state index contributed by atoms with van der Waals surface area (Å²) in [5.41, 5.74) is 5.01. The number of amides is 2. The Hall–Kier alpha value is -1.78. The molecule has 0 fully saturated rings. The van der Waals surface area contributed by atoms with Crippen molar-refractivity contribution in [1.82, 2.24) is 5.32 Å². The summed E-state index contributed by atoms with van der Waals surface area (Å²) < 4.78 is 5.21. The number of carbonyl (C=O) groups excluding carboxylic acids is 2. The van der Waals surface area contributed by atoms with Crippen molar-refractivity contribution in [3.8, 4) is 0 Å². The lowest BCUT2D eigenvalue weighted by Gasteiger charge is -2.07. The lowest BCUT2D eigenvalue weighted by Crippen LogP contribution is -2.42. The third-order valence-corrected chi connectivity index (χ3v) is 2.01. The molecule has 0 bridgehead atoms. The Kier molecular flexibility index (Phi) is 3.49. The van der Waals surface area contributed by atoms with Crippen molar-refractivity contribution in [1.29, 1.82) is 0 Å². The SMILES string of the molecule is CCc1ccc(C(=O)N[C@@H](C)C(N)=O)o1. The van der Waals surface area contributed by atoms with E-state index in [1.165, 1.54) is 6.92 Å². The van der Waals surface area contributed by atoms with Crippen LogP contribution in [0.2, 0.25) is 0 Å². The molecule has 0 unspecified atom stereocenters. The molecule has 0 spiro atoms. The van der Waals surface area contributed by atoms with E-state index in [2.05, 4.69) is 5.32 Å². The predicted octanol–water partition coefficient (Wildman–Crippen LogP) is 0.446. The molecule has 1 atom stereocenters. The van der Waals surface area contributed by atoms with E-state index in [1.807, 2.05) is 6.92 Å². The zero-order valence-electron chi connectivity index (χ0n) is 8.74. The van der Waals surface area contributed by atoms with Crippen LogP contribution in [0.15, 0.2) is 16.5 Å². The van der Waals surface area contributed by atoms with Gasteiger partial charge in [-0.1, -0.05) is 6.92 Å². The number of hydrogen-bond acceptors (Lipinski definition) is 3. The van der Waals surface area contributed by atoms with E-state index in [-0.39, 0.29) is 5.76 Å². The first-order chi connectivity index (χ1) is 7.04. The molecule has 1 aromatic rings. The van der Waals surface area contributed by atoms with Crippen molar-refractivity contribution in [3.63, 3.8) is 0 Å². The molecule has 0 radical (unpaired) electrons. The first-order valence-corrected chi connectivity index (χ1v) is 4.73. The number of furan rings is 1. The van der Waals surface area contributed by atoms with E-state index < -0.39 is 17.9 Å². The average Bonchev–Trinajstić information content (AvgIpc) is 2.65. The van der Waals surface area contributed by atoms with Crippen molar-refractivity contribution < 1.29 is 14.0 Å². The predicted molar refractivity (Wildman–Crippen MR) is 54.2 cm³/mol. The third-order valence-electron chi connectivity index (χ3n) is 2.01. The molecule has 0 aliphatic heterocycles. The molecular formula is C10H14N2O3. The number of hydrogen-bond donors (Lipinski definition) is 2. The molecule has 3 N–H and O–H groups in total. The topological polar surface area (TPSA) is 85.3 Å². The van der Waals surface area contributed by atoms with Gasteiger partial charge in [-0.15, -0.1) is 0 Å². The van der Waals surface area contributed by atoms with Gasteiger partial charge in [-0.25, -0.2) is 0 Å². The Morgan fingerprint density at radius 1 is 1.53 bits per heavy atom. The van der Waals surface area contributed by atoms with Crippen LogP contribution in [0.25, 0.3) is 0 Å². The summed E-state index contributed by atoms with van der Waals surface area (Å²) in [6.45, 7) is 3.44. The van der Waals surface area contributed by atoms with Crippen molar-refractivity contribution >= 4 is 11.8 Å². The van der Waals surface area contributed by atoms with Crippen LogP contribution in [-0.4, -0.2) is 17.9 Å². The van der Waals surface area contributed by atoms with Crippen LogP contribution in [0.3, 0.4) is 0 Å². The van der Waals surface area contributed by atoms with Crippen molar-refractivity contribution in [3.05, 3.63) is 23.7 Å². The van der Waals surface area contributed by atoms with Gasteiger partial charge in [-0.05, 0) is 19.1 Å². The lowest BCUT2D eigenvalue weighted by molar-refractivity contribution is -0.119. The molecule has 0 aromatic carbocycles. The van der Waals surface area contributed by atoms with Crippen LogP contribution in [0.1, 0.15) is 30.2 Å². The highest BCUT2D eigenvalue weighted by Gasteiger charge is 2.16. The summed E-state index contributed by atoms with van der Waals surface area (Å²) in [5, 5.41) is 2.43. The summed E-state index contributed by atoms with van der Waals surface area (Å²) in [5.74, 6) is -0.0848. The first kappa shape index (κ1) is 11.3. The van der Waals surface area contributed by atoms with Crippen molar-refractivity contribution in [2.45, 2.75) is 26.3 Å². The van der Waals surface area contributed by atoms with E-state index >= 15 is 0 Å². The Morgan fingerprint density at radius 3 is 2.67 bits per heavy atom. The molecule has 0 aliphatic carbocycles. The number of aryl methyl sites for hydroxylation is 1. The molecule has 0 saturated carbocycles. The summed E-state index contributed by atoms with van der Waals surface area (Å²) in [7, 11) is 0. The summed E-state index contributed by atoms with van der Waals surface area (Å²) in [4.78, 5) is 22.2. The minimum Gasteiger partial charge on any atom is -0.456 e. The van der Waals surface area contributed by atoms with Gasteiger partial charge in [0.1, 0.15) is 11.8 Å². The second kappa shape index (κ2) is 4.63. The fraction of sp³-hybridized carbons (Fsp3) is 0.400. The summed E-state index contributed by atoms with van der Waals surface area (Å²) in [6, 6.07) is 2.60. The molecule has 5 nitrogen and oxygen atoms in total. The van der Waals surface area contributed by atoms with Gasteiger partial charge in [0.05, 0.1) is 0 Å². The average molecular weight is 210 g/mol. The standard InChI is InChI=1S/C10H14N2O3/c1-3-7-4-5-8(15-7)10(14)12-6(2)9(11)13/h4-6H,3H2,1-2H3,(H2,11,13)(H,12,14)/t6-/m0/s1. The number of rotatable bonds is 4. The molecule has 5 heteroatoms. The molecule has 1 aromatic heterocycles. The Bertz CT molecular complexity index is 370. The smallest absolute Gasteiger partial charge is 0.287 e. The number of nitrogens with one attached hydrogen (secondary N) is 1. The Labute approximate surface area is 87.6 Å². The van der Waals surface area contributed by atoms with Gasteiger partial charge in [0.15, 0.2) is 5.76 Å². The molecule has 82 valence electrons. The molecule has 0 aliphatic rings. The Balaban J connectivity index is 2.65. The fourth-order valence-electron chi connectivity index (χ4n) is 1.03. The minimum absolute atomic E-state index is 0.194. The van der Waals surface area contributed by atoms with Crippen LogP contribution < -0.4 is 11.1 Å². The van der Waals surface area contributed by atoms with Gasteiger partial charge >= 0.3 is 0 Å². The van der Waals surface area contributed by atoms with Crippen LogP contribution in [0.5, 0.6) is 0 Å².